The molecule has 0 aliphatic carbocycles. The summed E-state index contributed by atoms with van der Waals surface area (Å²) in [5.74, 6) is 1.41. The fourth-order valence-electron chi connectivity index (χ4n) is 2.30. The number of carbonyl (C=O) groups is 1. The molecule has 2 N–H and O–H groups in total. The summed E-state index contributed by atoms with van der Waals surface area (Å²) < 4.78 is 10.6. The Hall–Kier alpha value is -1.50. The highest BCUT2D eigenvalue weighted by atomic mass is 16.6. The van der Waals surface area contributed by atoms with Gasteiger partial charge in [0, 0.05) is 39.2 Å². The molecule has 0 spiro atoms. The van der Waals surface area contributed by atoms with E-state index >= 15 is 0 Å². The van der Waals surface area contributed by atoms with E-state index in [0.29, 0.717) is 19.0 Å². The Kier molecular flexibility index (Phi) is 8.16. The maximum atomic E-state index is 11.6. The summed E-state index contributed by atoms with van der Waals surface area (Å²) in [7, 11) is 2.03. The highest BCUT2D eigenvalue weighted by Gasteiger charge is 2.19. The molecule has 134 valence electrons. The van der Waals surface area contributed by atoms with Crippen molar-refractivity contribution in [2.45, 2.75) is 39.7 Å². The molecule has 0 aromatic carbocycles. The van der Waals surface area contributed by atoms with Crippen LogP contribution in [-0.4, -0.2) is 69.0 Å². The zero-order chi connectivity index (χ0) is 17.3. The summed E-state index contributed by atoms with van der Waals surface area (Å²) in [5.41, 5.74) is -0.480. The number of guanidine groups is 1. The van der Waals surface area contributed by atoms with Crippen molar-refractivity contribution in [3.05, 3.63) is 0 Å². The van der Waals surface area contributed by atoms with E-state index in [-0.39, 0.29) is 0 Å². The maximum absolute atomic E-state index is 11.6. The van der Waals surface area contributed by atoms with Crippen molar-refractivity contribution in [3.63, 3.8) is 0 Å². The number of rotatable bonds is 6. The van der Waals surface area contributed by atoms with Crippen LogP contribution >= 0.6 is 0 Å². The molecule has 7 nitrogen and oxygen atoms in total. The summed E-state index contributed by atoms with van der Waals surface area (Å²) >= 11 is 0. The normalized spacial score (nSPS) is 18.7. The first kappa shape index (κ1) is 19.5. The van der Waals surface area contributed by atoms with Gasteiger partial charge < -0.3 is 25.0 Å². The number of hydrogen-bond acceptors (Lipinski definition) is 4. The first-order valence-electron chi connectivity index (χ1n) is 8.36. The highest BCUT2D eigenvalue weighted by molar-refractivity contribution is 5.79. The van der Waals surface area contributed by atoms with E-state index < -0.39 is 11.7 Å². The Morgan fingerprint density at radius 1 is 1.39 bits per heavy atom. The van der Waals surface area contributed by atoms with Crippen LogP contribution in [0.5, 0.6) is 0 Å². The molecule has 0 aromatic rings. The van der Waals surface area contributed by atoms with E-state index in [1.54, 1.807) is 0 Å². The minimum absolute atomic E-state index is 0.408. The molecule has 0 bridgehead atoms. The van der Waals surface area contributed by atoms with Gasteiger partial charge in [0.05, 0.1) is 13.2 Å². The number of aliphatic imine (C=N–C) groups is 1. The Morgan fingerprint density at radius 2 is 2.13 bits per heavy atom. The summed E-state index contributed by atoms with van der Waals surface area (Å²) in [6.07, 6.45) is 0.693. The topological polar surface area (TPSA) is 75.2 Å². The molecule has 0 saturated carbocycles. The van der Waals surface area contributed by atoms with Crippen molar-refractivity contribution < 1.29 is 14.3 Å². The zero-order valence-corrected chi connectivity index (χ0v) is 15.1. The van der Waals surface area contributed by atoms with Crippen LogP contribution in [-0.2, 0) is 9.47 Å². The van der Waals surface area contributed by atoms with Gasteiger partial charge in [0.15, 0.2) is 5.96 Å². The molecule has 1 fully saturated rings. The third-order valence-electron chi connectivity index (χ3n) is 3.29. The van der Waals surface area contributed by atoms with Gasteiger partial charge in [-0.2, -0.15) is 0 Å². The Labute approximate surface area is 139 Å². The van der Waals surface area contributed by atoms with Crippen LogP contribution in [0, 0.1) is 5.92 Å². The van der Waals surface area contributed by atoms with Crippen LogP contribution < -0.4 is 10.6 Å². The van der Waals surface area contributed by atoms with E-state index in [9.17, 15) is 4.79 Å². The highest BCUT2D eigenvalue weighted by Crippen LogP contribution is 2.13. The molecule has 1 amide bonds. The second-order valence-electron chi connectivity index (χ2n) is 6.77. The zero-order valence-electron chi connectivity index (χ0n) is 15.1. The number of carbonyl (C=O) groups excluding carboxylic acids is 1. The van der Waals surface area contributed by atoms with E-state index in [1.807, 2.05) is 34.7 Å². The van der Waals surface area contributed by atoms with Crippen LogP contribution in [0.1, 0.15) is 34.1 Å². The third kappa shape index (κ3) is 8.64. The minimum atomic E-state index is -0.480. The molecule has 23 heavy (non-hydrogen) atoms. The first-order valence-corrected chi connectivity index (χ1v) is 8.36. The van der Waals surface area contributed by atoms with Crippen molar-refractivity contribution >= 4 is 12.1 Å². The second-order valence-corrected chi connectivity index (χ2v) is 6.77. The number of amides is 1. The lowest BCUT2D eigenvalue weighted by atomic mass is 10.1. The van der Waals surface area contributed by atoms with Crippen molar-refractivity contribution in [1.82, 2.24) is 15.5 Å². The maximum Gasteiger partial charge on any atom is 0.407 e. The van der Waals surface area contributed by atoms with Crippen LogP contribution in [0.4, 0.5) is 4.79 Å². The Morgan fingerprint density at radius 3 is 2.70 bits per heavy atom. The standard InChI is InChI=1S/C16H32N4O3/c1-6-17-14(20(5)11-13-7-10-22-12-13)18-8-9-19-15(21)23-16(2,3)4/h13H,6-12H2,1-5H3,(H,17,18)(H,19,21). The predicted octanol–water partition coefficient (Wildman–Crippen LogP) is 1.44. The number of nitrogens with one attached hydrogen (secondary N) is 2. The lowest BCUT2D eigenvalue weighted by molar-refractivity contribution is 0.0529. The van der Waals surface area contributed by atoms with E-state index in [0.717, 1.165) is 38.7 Å². The quantitative estimate of drug-likeness (QED) is 0.438. The predicted molar refractivity (Wildman–Crippen MR) is 91.8 cm³/mol. The average Bonchev–Trinajstić information content (AvgIpc) is 2.93. The fraction of sp³-hybridized carbons (Fsp3) is 0.875. The lowest BCUT2D eigenvalue weighted by Crippen LogP contribution is -2.42. The van der Waals surface area contributed by atoms with Crippen molar-refractivity contribution in [2.75, 3.05) is 46.4 Å². The molecule has 1 aliphatic heterocycles. The Balaban J connectivity index is 2.37. The number of alkyl carbamates (subject to hydrolysis) is 1. The van der Waals surface area contributed by atoms with Gasteiger partial charge in [-0.1, -0.05) is 0 Å². The van der Waals surface area contributed by atoms with Crippen molar-refractivity contribution in [3.8, 4) is 0 Å². The molecule has 0 aromatic heterocycles. The molecular weight excluding hydrogens is 296 g/mol. The SMILES string of the molecule is CCNC(=NCCNC(=O)OC(C)(C)C)N(C)CC1CCOC1. The van der Waals surface area contributed by atoms with Gasteiger partial charge in [-0.15, -0.1) is 0 Å². The molecule has 1 aliphatic rings. The van der Waals surface area contributed by atoms with Gasteiger partial charge in [0.2, 0.25) is 0 Å². The van der Waals surface area contributed by atoms with Gasteiger partial charge in [-0.25, -0.2) is 4.79 Å². The van der Waals surface area contributed by atoms with Crippen molar-refractivity contribution in [2.24, 2.45) is 10.9 Å². The van der Waals surface area contributed by atoms with Gasteiger partial charge >= 0.3 is 6.09 Å². The van der Waals surface area contributed by atoms with Gasteiger partial charge in [0.25, 0.3) is 0 Å². The molecule has 1 rings (SSSR count). The average molecular weight is 328 g/mol. The van der Waals surface area contributed by atoms with E-state index in [1.165, 1.54) is 0 Å². The number of ether oxygens (including phenoxy) is 2. The van der Waals surface area contributed by atoms with E-state index in [4.69, 9.17) is 9.47 Å². The smallest absolute Gasteiger partial charge is 0.407 e. The van der Waals surface area contributed by atoms with Gasteiger partial charge in [0.1, 0.15) is 5.60 Å². The fourth-order valence-corrected chi connectivity index (χ4v) is 2.30. The summed E-state index contributed by atoms with van der Waals surface area (Å²) in [4.78, 5) is 18.2. The number of nitrogens with zero attached hydrogens (tertiary/aromatic N) is 2. The molecule has 1 saturated heterocycles. The lowest BCUT2D eigenvalue weighted by Gasteiger charge is -2.24. The summed E-state index contributed by atoms with van der Waals surface area (Å²) in [5, 5.41) is 5.99. The third-order valence-corrected chi connectivity index (χ3v) is 3.29. The molecule has 1 heterocycles. The van der Waals surface area contributed by atoms with Crippen LogP contribution in [0.2, 0.25) is 0 Å². The minimum Gasteiger partial charge on any atom is -0.444 e. The van der Waals surface area contributed by atoms with E-state index in [2.05, 4.69) is 20.5 Å². The van der Waals surface area contributed by atoms with Crippen LogP contribution in [0.25, 0.3) is 0 Å². The molecule has 1 atom stereocenters. The van der Waals surface area contributed by atoms with Gasteiger partial charge in [-0.05, 0) is 34.1 Å². The van der Waals surface area contributed by atoms with Crippen LogP contribution in [0.15, 0.2) is 4.99 Å². The summed E-state index contributed by atoms with van der Waals surface area (Å²) in [6, 6.07) is 0. The number of hydrogen-bond donors (Lipinski definition) is 2. The summed E-state index contributed by atoms with van der Waals surface area (Å²) in [6.45, 7) is 11.9. The van der Waals surface area contributed by atoms with Crippen LogP contribution in [0.3, 0.4) is 0 Å². The molecule has 0 radical (unpaired) electrons. The monoisotopic (exact) mass is 328 g/mol. The molecule has 7 heteroatoms. The second kappa shape index (κ2) is 9.60. The largest absolute Gasteiger partial charge is 0.444 e. The molecule has 1 unspecified atom stereocenters. The van der Waals surface area contributed by atoms with Gasteiger partial charge in [-0.3, -0.25) is 4.99 Å². The first-order chi connectivity index (χ1) is 10.8. The molecular formula is C16H32N4O3. The Bertz CT molecular complexity index is 387. The van der Waals surface area contributed by atoms with Crippen molar-refractivity contribution in [1.29, 1.82) is 0 Å².